The summed E-state index contributed by atoms with van der Waals surface area (Å²) in [6.45, 7) is 20.4. The van der Waals surface area contributed by atoms with E-state index in [1.54, 1.807) is 0 Å². The van der Waals surface area contributed by atoms with Gasteiger partial charge >= 0.3 is 0 Å². The van der Waals surface area contributed by atoms with Crippen molar-refractivity contribution in [1.82, 2.24) is 0 Å². The van der Waals surface area contributed by atoms with Gasteiger partial charge in [-0.2, -0.15) is 0 Å². The zero-order chi connectivity index (χ0) is 32.1. The molecule has 0 radical (unpaired) electrons. The number of rotatable bonds is 39. The largest absolute Gasteiger partial charge is 0.415 e. The molecule has 44 heavy (non-hydrogen) atoms. The molecule has 0 unspecified atom stereocenters. The van der Waals surface area contributed by atoms with Gasteiger partial charge in [0.15, 0.2) is 8.32 Å². The van der Waals surface area contributed by atoms with Crippen LogP contribution in [0.4, 0.5) is 0 Å². The van der Waals surface area contributed by atoms with Crippen LogP contribution >= 0.6 is 0 Å². The molecule has 266 valence electrons. The molecule has 0 amide bonds. The highest BCUT2D eigenvalue weighted by Crippen LogP contribution is 2.01. The lowest BCUT2D eigenvalue weighted by atomic mass is 10.6. The van der Waals surface area contributed by atoms with E-state index < -0.39 is 8.32 Å². The number of nitrogens with two attached hydrogens (primary N) is 1. The molecule has 0 saturated heterocycles. The molecular weight excluding hydrogens is 598 g/mol. The minimum atomic E-state index is -1.45. The van der Waals surface area contributed by atoms with Crippen molar-refractivity contribution in [2.45, 2.75) is 19.6 Å². The Kier molecular flexibility index (Phi) is 36.8. The number of hydrogen-bond donors (Lipinski definition) is 1. The van der Waals surface area contributed by atoms with Crippen molar-refractivity contribution >= 4 is 8.32 Å². The van der Waals surface area contributed by atoms with Crippen LogP contribution in [-0.4, -0.2) is 180 Å². The van der Waals surface area contributed by atoms with Gasteiger partial charge in [-0.3, -0.25) is 0 Å². The van der Waals surface area contributed by atoms with Gasteiger partial charge in [-0.05, 0) is 19.6 Å². The molecule has 0 aromatic heterocycles. The van der Waals surface area contributed by atoms with Gasteiger partial charge in [0, 0.05) is 6.54 Å². The average Bonchev–Trinajstić information content (AvgIpc) is 3.00. The van der Waals surface area contributed by atoms with Crippen LogP contribution in [0.1, 0.15) is 0 Å². The van der Waals surface area contributed by atoms with Crippen LogP contribution in [0.2, 0.25) is 19.6 Å². The van der Waals surface area contributed by atoms with Gasteiger partial charge < -0.3 is 67.0 Å². The smallest absolute Gasteiger partial charge is 0.183 e. The van der Waals surface area contributed by atoms with Gasteiger partial charge in [0.05, 0.1) is 165 Å². The van der Waals surface area contributed by atoms with Gasteiger partial charge in [-0.25, -0.2) is 0 Å². The highest BCUT2D eigenvalue weighted by molar-refractivity contribution is 6.69. The van der Waals surface area contributed by atoms with E-state index in [0.717, 1.165) is 0 Å². The Morgan fingerprint density at radius 2 is 0.432 bits per heavy atom. The molecule has 0 spiro atoms. The molecule has 0 aromatic rings. The Morgan fingerprint density at radius 3 is 0.591 bits per heavy atom. The van der Waals surface area contributed by atoms with Crippen LogP contribution in [0.5, 0.6) is 0 Å². The van der Waals surface area contributed by atoms with Crippen molar-refractivity contribution in [1.29, 1.82) is 0 Å². The molecule has 0 rings (SSSR count). The highest BCUT2D eigenvalue weighted by atomic mass is 28.4. The summed E-state index contributed by atoms with van der Waals surface area (Å²) in [6, 6.07) is 0. The molecule has 0 heterocycles. The van der Waals surface area contributed by atoms with Crippen molar-refractivity contribution < 1.29 is 61.3 Å². The first-order valence-electron chi connectivity index (χ1n) is 15.8. The molecule has 0 aromatic carbocycles. The van der Waals surface area contributed by atoms with Crippen molar-refractivity contribution in [3.05, 3.63) is 0 Å². The lowest BCUT2D eigenvalue weighted by Gasteiger charge is -2.16. The number of hydrogen-bond acceptors (Lipinski definition) is 14. The van der Waals surface area contributed by atoms with E-state index in [0.29, 0.717) is 172 Å². The maximum Gasteiger partial charge on any atom is 0.183 e. The first-order chi connectivity index (χ1) is 21.6. The topological polar surface area (TPSA) is 146 Å². The summed E-state index contributed by atoms with van der Waals surface area (Å²) in [4.78, 5) is 0. The van der Waals surface area contributed by atoms with E-state index in [1.165, 1.54) is 0 Å². The van der Waals surface area contributed by atoms with Crippen LogP contribution in [0.15, 0.2) is 0 Å². The van der Waals surface area contributed by atoms with Crippen LogP contribution in [-0.2, 0) is 61.3 Å². The summed E-state index contributed by atoms with van der Waals surface area (Å²) in [6.07, 6.45) is 0. The molecule has 0 fully saturated rings. The Morgan fingerprint density at radius 1 is 0.273 bits per heavy atom. The van der Waals surface area contributed by atoms with E-state index >= 15 is 0 Å². The predicted octanol–water partition coefficient (Wildman–Crippen LogP) is 0.996. The minimum Gasteiger partial charge on any atom is -0.415 e. The first-order valence-corrected chi connectivity index (χ1v) is 19.2. The van der Waals surface area contributed by atoms with Crippen molar-refractivity contribution in [3.8, 4) is 0 Å². The highest BCUT2D eigenvalue weighted by Gasteiger charge is 2.13. The Hall–Kier alpha value is -0.343. The molecule has 0 aliphatic heterocycles. The monoisotopic (exact) mass is 661 g/mol. The maximum absolute atomic E-state index is 5.71. The molecule has 0 atom stereocenters. The Labute approximate surface area is 266 Å². The summed E-state index contributed by atoms with van der Waals surface area (Å²) in [7, 11) is -1.45. The second kappa shape index (κ2) is 37.1. The summed E-state index contributed by atoms with van der Waals surface area (Å²) in [5.41, 5.74) is 5.33. The standard InChI is InChI=1S/C29H63NO13Si/c1-44(2,3)43-29-28-42-27-26-41-25-24-40-23-22-39-21-20-38-19-18-37-17-16-36-15-14-35-13-12-34-11-10-33-9-8-32-7-6-31-5-4-30/h4-30H2,1-3H3. The van der Waals surface area contributed by atoms with Crippen LogP contribution in [0, 0.1) is 0 Å². The molecule has 0 aliphatic rings. The molecule has 2 N–H and O–H groups in total. The Bertz CT molecular complexity index is 536. The molecule has 0 saturated carbocycles. The fraction of sp³-hybridized carbons (Fsp3) is 1.00. The molecule has 0 aliphatic carbocycles. The van der Waals surface area contributed by atoms with Gasteiger partial charge in [0.2, 0.25) is 0 Å². The SMILES string of the molecule is C[Si](C)(C)OCCOCCOCCOCCOCCOCCOCCOCCOCCOCCOCCOCCOCCN. The van der Waals surface area contributed by atoms with E-state index in [9.17, 15) is 0 Å². The number of ether oxygens (including phenoxy) is 12. The Balaban J connectivity index is 3.05. The van der Waals surface area contributed by atoms with Crippen LogP contribution in [0.3, 0.4) is 0 Å². The minimum absolute atomic E-state index is 0.512. The summed E-state index contributed by atoms with van der Waals surface area (Å²) >= 11 is 0. The van der Waals surface area contributed by atoms with E-state index in [2.05, 4.69) is 19.6 Å². The van der Waals surface area contributed by atoms with E-state index in [-0.39, 0.29) is 0 Å². The van der Waals surface area contributed by atoms with Gasteiger partial charge in [0.25, 0.3) is 0 Å². The zero-order valence-electron chi connectivity index (χ0n) is 27.8. The zero-order valence-corrected chi connectivity index (χ0v) is 28.8. The first kappa shape index (κ1) is 43.7. The van der Waals surface area contributed by atoms with Gasteiger partial charge in [-0.1, -0.05) is 0 Å². The second-order valence-electron chi connectivity index (χ2n) is 10.1. The van der Waals surface area contributed by atoms with Crippen molar-refractivity contribution in [2.24, 2.45) is 5.73 Å². The summed E-state index contributed by atoms with van der Waals surface area (Å²) < 4.78 is 70.9. The van der Waals surface area contributed by atoms with Gasteiger partial charge in [-0.15, -0.1) is 0 Å². The van der Waals surface area contributed by atoms with Crippen molar-refractivity contribution in [2.75, 3.05) is 172 Å². The second-order valence-corrected chi connectivity index (χ2v) is 14.6. The van der Waals surface area contributed by atoms with Crippen molar-refractivity contribution in [3.63, 3.8) is 0 Å². The normalized spacial score (nSPS) is 12.0. The van der Waals surface area contributed by atoms with Gasteiger partial charge in [0.1, 0.15) is 0 Å². The lowest BCUT2D eigenvalue weighted by molar-refractivity contribution is -0.0285. The summed E-state index contributed by atoms with van der Waals surface area (Å²) in [5, 5.41) is 0. The third kappa shape index (κ3) is 41.7. The third-order valence-electron chi connectivity index (χ3n) is 5.12. The quantitative estimate of drug-likeness (QED) is 0.0738. The lowest BCUT2D eigenvalue weighted by Crippen LogP contribution is -2.27. The summed E-state index contributed by atoms with van der Waals surface area (Å²) in [5.74, 6) is 0. The fourth-order valence-corrected chi connectivity index (χ4v) is 3.71. The molecular formula is C29H63NO13Si. The fourth-order valence-electron chi connectivity index (χ4n) is 3.01. The van der Waals surface area contributed by atoms with Crippen LogP contribution in [0.25, 0.3) is 0 Å². The molecule has 15 heteroatoms. The van der Waals surface area contributed by atoms with E-state index in [4.69, 9.17) is 67.0 Å². The maximum atomic E-state index is 5.71. The average molecular weight is 662 g/mol. The predicted molar refractivity (Wildman–Crippen MR) is 168 cm³/mol. The molecule has 0 bridgehead atoms. The third-order valence-corrected chi connectivity index (χ3v) is 6.19. The van der Waals surface area contributed by atoms with E-state index in [1.807, 2.05) is 0 Å². The molecule has 14 nitrogen and oxygen atoms in total. The van der Waals surface area contributed by atoms with Crippen LogP contribution < -0.4 is 5.73 Å².